The zero-order chi connectivity index (χ0) is 18.5. The lowest BCUT2D eigenvalue weighted by Crippen LogP contribution is -2.29. The minimum Gasteiger partial charge on any atom is -0.493 e. The largest absolute Gasteiger partial charge is 0.493 e. The fraction of sp³-hybridized carbons (Fsp3) is 0.350. The molecule has 5 nitrogen and oxygen atoms in total. The van der Waals surface area contributed by atoms with Gasteiger partial charge in [0.15, 0.2) is 17.2 Å². The van der Waals surface area contributed by atoms with Crippen LogP contribution >= 0.6 is 0 Å². The molecule has 1 amide bonds. The highest BCUT2D eigenvalue weighted by atomic mass is 19.1. The van der Waals surface area contributed by atoms with Gasteiger partial charge in [0.25, 0.3) is 0 Å². The number of carbonyl (C=O) groups is 1. The molecule has 0 atom stereocenters. The number of amides is 1. The van der Waals surface area contributed by atoms with Crippen LogP contribution in [-0.4, -0.2) is 26.1 Å². The van der Waals surface area contributed by atoms with Crippen LogP contribution in [0.15, 0.2) is 36.4 Å². The zero-order valence-electron chi connectivity index (χ0n) is 15.0. The average molecular weight is 358 g/mol. The Hall–Kier alpha value is -2.60. The van der Waals surface area contributed by atoms with E-state index in [0.717, 1.165) is 12.1 Å². The minimum absolute atomic E-state index is 0.181. The number of hydrogen-bond donors (Lipinski definition) is 2. The van der Waals surface area contributed by atoms with Gasteiger partial charge in [-0.1, -0.05) is 6.07 Å². The molecule has 0 bridgehead atoms. The number of carbonyl (C=O) groups excluding carboxylic acids is 1. The number of nitrogens with one attached hydrogen (secondary N) is 2. The summed E-state index contributed by atoms with van der Waals surface area (Å²) in [5.74, 6) is 1.41. The van der Waals surface area contributed by atoms with Crippen molar-refractivity contribution >= 4 is 11.6 Å². The fourth-order valence-electron chi connectivity index (χ4n) is 2.57. The van der Waals surface area contributed by atoms with Gasteiger partial charge in [-0.2, -0.15) is 0 Å². The minimum atomic E-state index is -0.450. The molecule has 26 heavy (non-hydrogen) atoms. The summed E-state index contributed by atoms with van der Waals surface area (Å²) >= 11 is 0. The standard InChI is InChI=1S/C20H23FN2O3/c1-13-3-7-18(19(9-13)25-2)26-17-8-6-15(21)10-16(17)23-20(24)12-22-11-14-4-5-14/h3,6-10,14,22H,4-5,11-12H2,1-2H3,(H,23,24). The summed E-state index contributed by atoms with van der Waals surface area (Å²) in [6.45, 7) is 2.96. The number of anilines is 1. The molecule has 1 fully saturated rings. The van der Waals surface area contributed by atoms with Gasteiger partial charge >= 0.3 is 0 Å². The van der Waals surface area contributed by atoms with Gasteiger partial charge in [0, 0.05) is 6.07 Å². The van der Waals surface area contributed by atoms with Crippen molar-refractivity contribution in [1.82, 2.24) is 5.32 Å². The maximum absolute atomic E-state index is 13.7. The van der Waals surface area contributed by atoms with Gasteiger partial charge in [-0.05, 0) is 62.1 Å². The van der Waals surface area contributed by atoms with Crippen LogP contribution in [0.3, 0.4) is 0 Å². The van der Waals surface area contributed by atoms with Gasteiger partial charge in [0.1, 0.15) is 5.82 Å². The lowest BCUT2D eigenvalue weighted by atomic mass is 10.2. The predicted octanol–water partition coefficient (Wildman–Crippen LogP) is 3.87. The van der Waals surface area contributed by atoms with Crippen LogP contribution in [0.5, 0.6) is 17.2 Å². The number of hydrogen-bond acceptors (Lipinski definition) is 4. The molecule has 138 valence electrons. The van der Waals surface area contributed by atoms with Gasteiger partial charge in [0.2, 0.25) is 5.91 Å². The van der Waals surface area contributed by atoms with Crippen LogP contribution in [-0.2, 0) is 4.79 Å². The molecule has 6 heteroatoms. The zero-order valence-corrected chi connectivity index (χ0v) is 15.0. The first kappa shape index (κ1) is 18.2. The normalized spacial score (nSPS) is 13.3. The smallest absolute Gasteiger partial charge is 0.238 e. The van der Waals surface area contributed by atoms with E-state index in [-0.39, 0.29) is 18.1 Å². The molecule has 0 heterocycles. The van der Waals surface area contributed by atoms with Crippen molar-refractivity contribution in [2.75, 3.05) is 25.5 Å². The quantitative estimate of drug-likeness (QED) is 0.752. The van der Waals surface area contributed by atoms with Gasteiger partial charge in [0.05, 0.1) is 19.3 Å². The Balaban J connectivity index is 1.71. The number of halogens is 1. The summed E-state index contributed by atoms with van der Waals surface area (Å²) in [6.07, 6.45) is 2.43. The maximum Gasteiger partial charge on any atom is 0.238 e. The van der Waals surface area contributed by atoms with Crippen molar-refractivity contribution in [2.45, 2.75) is 19.8 Å². The van der Waals surface area contributed by atoms with Gasteiger partial charge in [-0.15, -0.1) is 0 Å². The summed E-state index contributed by atoms with van der Waals surface area (Å²) in [5, 5.41) is 5.82. The first-order chi connectivity index (χ1) is 12.5. The molecule has 0 unspecified atom stereocenters. The Kier molecular flexibility index (Phi) is 5.73. The lowest BCUT2D eigenvalue weighted by Gasteiger charge is -2.15. The van der Waals surface area contributed by atoms with Crippen LogP contribution < -0.4 is 20.1 Å². The highest BCUT2D eigenvalue weighted by Crippen LogP contribution is 2.36. The summed E-state index contributed by atoms with van der Waals surface area (Å²) in [5.41, 5.74) is 1.31. The number of aryl methyl sites for hydroxylation is 1. The molecule has 0 saturated heterocycles. The van der Waals surface area contributed by atoms with E-state index >= 15 is 0 Å². The van der Waals surface area contributed by atoms with E-state index in [9.17, 15) is 9.18 Å². The third-order valence-corrected chi connectivity index (χ3v) is 4.17. The van der Waals surface area contributed by atoms with Gasteiger partial charge < -0.3 is 20.1 Å². The van der Waals surface area contributed by atoms with Gasteiger partial charge in [-0.25, -0.2) is 4.39 Å². The third-order valence-electron chi connectivity index (χ3n) is 4.17. The highest BCUT2D eigenvalue weighted by molar-refractivity contribution is 5.93. The molecular weight excluding hydrogens is 335 g/mol. The molecule has 0 aliphatic heterocycles. The van der Waals surface area contributed by atoms with E-state index in [0.29, 0.717) is 23.2 Å². The van der Waals surface area contributed by atoms with Crippen LogP contribution in [0.2, 0.25) is 0 Å². The Bertz CT molecular complexity index is 791. The second-order valence-corrected chi connectivity index (χ2v) is 6.52. The van der Waals surface area contributed by atoms with Crippen molar-refractivity contribution in [3.05, 3.63) is 47.8 Å². The van der Waals surface area contributed by atoms with Crippen molar-refractivity contribution < 1.29 is 18.7 Å². The topological polar surface area (TPSA) is 59.6 Å². The summed E-state index contributed by atoms with van der Waals surface area (Å²) in [7, 11) is 1.56. The predicted molar refractivity (Wildman–Crippen MR) is 98.4 cm³/mol. The Morgan fingerprint density at radius 2 is 1.92 bits per heavy atom. The molecule has 2 aromatic rings. The summed E-state index contributed by atoms with van der Waals surface area (Å²) in [6, 6.07) is 9.54. The van der Waals surface area contributed by atoms with E-state index in [1.54, 1.807) is 13.2 Å². The van der Waals surface area contributed by atoms with E-state index in [1.807, 2.05) is 19.1 Å². The van der Waals surface area contributed by atoms with E-state index in [1.165, 1.54) is 31.0 Å². The Morgan fingerprint density at radius 3 is 2.65 bits per heavy atom. The molecule has 1 aliphatic rings. The maximum atomic E-state index is 13.7. The molecule has 1 aliphatic carbocycles. The van der Waals surface area contributed by atoms with Gasteiger partial charge in [-0.3, -0.25) is 4.79 Å². The molecule has 1 saturated carbocycles. The first-order valence-corrected chi connectivity index (χ1v) is 8.68. The second-order valence-electron chi connectivity index (χ2n) is 6.52. The molecule has 0 aromatic heterocycles. The monoisotopic (exact) mass is 358 g/mol. The van der Waals surface area contributed by atoms with E-state index < -0.39 is 5.82 Å². The van der Waals surface area contributed by atoms with Crippen molar-refractivity contribution in [3.63, 3.8) is 0 Å². The van der Waals surface area contributed by atoms with Crippen LogP contribution in [0, 0.1) is 18.7 Å². The second kappa shape index (κ2) is 8.19. The van der Waals surface area contributed by atoms with Crippen molar-refractivity contribution in [3.8, 4) is 17.2 Å². The number of rotatable bonds is 8. The van der Waals surface area contributed by atoms with E-state index in [4.69, 9.17) is 9.47 Å². The number of ether oxygens (including phenoxy) is 2. The molecule has 0 spiro atoms. The number of methoxy groups -OCH3 is 1. The lowest BCUT2D eigenvalue weighted by molar-refractivity contribution is -0.115. The summed E-state index contributed by atoms with van der Waals surface area (Å²) in [4.78, 5) is 12.1. The SMILES string of the molecule is COc1cc(C)ccc1Oc1ccc(F)cc1NC(=O)CNCC1CC1. The van der Waals surface area contributed by atoms with E-state index in [2.05, 4.69) is 10.6 Å². The number of benzene rings is 2. The first-order valence-electron chi connectivity index (χ1n) is 8.68. The van der Waals surface area contributed by atoms with Crippen molar-refractivity contribution in [1.29, 1.82) is 0 Å². The Morgan fingerprint density at radius 1 is 1.15 bits per heavy atom. The molecular formula is C20H23FN2O3. The highest BCUT2D eigenvalue weighted by Gasteiger charge is 2.20. The molecule has 3 rings (SSSR count). The molecule has 2 aromatic carbocycles. The molecule has 2 N–H and O–H groups in total. The van der Waals surface area contributed by atoms with Crippen molar-refractivity contribution in [2.24, 2.45) is 5.92 Å². The fourth-order valence-corrected chi connectivity index (χ4v) is 2.57. The third kappa shape index (κ3) is 4.95. The summed E-state index contributed by atoms with van der Waals surface area (Å²) < 4.78 is 24.9. The average Bonchev–Trinajstić information content (AvgIpc) is 3.43. The van der Waals surface area contributed by atoms with Crippen LogP contribution in [0.4, 0.5) is 10.1 Å². The van der Waals surface area contributed by atoms with Crippen LogP contribution in [0.25, 0.3) is 0 Å². The molecule has 0 radical (unpaired) electrons. The Labute approximate surface area is 152 Å². The van der Waals surface area contributed by atoms with Crippen LogP contribution in [0.1, 0.15) is 18.4 Å².